The van der Waals surface area contributed by atoms with Gasteiger partial charge in [-0.3, -0.25) is 4.79 Å². The lowest BCUT2D eigenvalue weighted by Gasteiger charge is -2.53. The third-order valence-electron chi connectivity index (χ3n) is 7.61. The number of amides is 2. The SMILES string of the molecule is COc1ccc2c(c1)OC(C)(C)[C@H]1C[C@@H]3CN(C(=O)[C@@H](CCSC)NC(=O)OC(C)(C)C)CC[C@@H]3O[C@H]21. The predicted molar refractivity (Wildman–Crippen MR) is 144 cm³/mol. The first-order chi connectivity index (χ1) is 17.4. The molecule has 0 aromatic heterocycles. The number of hydrogen-bond acceptors (Lipinski definition) is 7. The van der Waals surface area contributed by atoms with Crippen LogP contribution in [0.4, 0.5) is 4.79 Å². The van der Waals surface area contributed by atoms with E-state index < -0.39 is 23.3 Å². The van der Waals surface area contributed by atoms with Crippen molar-refractivity contribution in [3.8, 4) is 11.5 Å². The summed E-state index contributed by atoms with van der Waals surface area (Å²) in [6.07, 6.45) is 3.72. The number of thioether (sulfide) groups is 1. The molecule has 1 aromatic rings. The third kappa shape index (κ3) is 6.30. The monoisotopic (exact) mass is 534 g/mol. The summed E-state index contributed by atoms with van der Waals surface area (Å²) in [5.74, 6) is 2.69. The van der Waals surface area contributed by atoms with Gasteiger partial charge in [0, 0.05) is 36.6 Å². The van der Waals surface area contributed by atoms with Crippen molar-refractivity contribution in [3.63, 3.8) is 0 Å². The number of piperidine rings is 1. The first-order valence-electron chi connectivity index (χ1n) is 13.2. The molecular formula is C28H42N2O6S. The molecule has 9 heteroatoms. The number of nitrogens with zero attached hydrogens (tertiary/aromatic N) is 1. The Morgan fingerprint density at radius 3 is 2.73 bits per heavy atom. The van der Waals surface area contributed by atoms with E-state index >= 15 is 0 Å². The Bertz CT molecular complexity index is 993. The maximum Gasteiger partial charge on any atom is 0.408 e. The Kier molecular flexibility index (Phi) is 8.24. The number of hydrogen-bond donors (Lipinski definition) is 1. The number of alkyl carbamates (subject to hydrolysis) is 1. The number of methoxy groups -OCH3 is 1. The fourth-order valence-electron chi connectivity index (χ4n) is 5.78. The minimum atomic E-state index is -0.621. The minimum absolute atomic E-state index is 0.0444. The number of carbonyl (C=O) groups is 2. The van der Waals surface area contributed by atoms with Gasteiger partial charge >= 0.3 is 6.09 Å². The van der Waals surface area contributed by atoms with Crippen molar-refractivity contribution in [1.82, 2.24) is 10.2 Å². The van der Waals surface area contributed by atoms with E-state index in [-0.39, 0.29) is 30.0 Å². The Balaban J connectivity index is 1.46. The van der Waals surface area contributed by atoms with Crippen LogP contribution in [0.5, 0.6) is 11.5 Å². The lowest BCUT2D eigenvalue weighted by molar-refractivity contribution is -0.189. The fourth-order valence-corrected chi connectivity index (χ4v) is 6.25. The summed E-state index contributed by atoms with van der Waals surface area (Å²) < 4.78 is 24.0. The highest BCUT2D eigenvalue weighted by atomic mass is 32.2. The van der Waals surface area contributed by atoms with Crippen molar-refractivity contribution >= 4 is 23.8 Å². The van der Waals surface area contributed by atoms with Crippen LogP contribution in [0, 0.1) is 11.8 Å². The second-order valence-electron chi connectivity index (χ2n) is 11.9. The first kappa shape index (κ1) is 27.9. The molecule has 206 valence electrons. The number of fused-ring (bicyclic) bond motifs is 4. The quantitative estimate of drug-likeness (QED) is 0.561. The molecule has 2 amide bonds. The van der Waals surface area contributed by atoms with Gasteiger partial charge in [-0.2, -0.15) is 11.8 Å². The molecule has 0 aliphatic carbocycles. The van der Waals surface area contributed by atoms with Gasteiger partial charge in [0.15, 0.2) is 0 Å². The molecular weight excluding hydrogens is 492 g/mol. The van der Waals surface area contributed by atoms with E-state index in [2.05, 4.69) is 25.2 Å². The molecule has 0 bridgehead atoms. The van der Waals surface area contributed by atoms with Crippen LogP contribution in [0.1, 0.15) is 65.5 Å². The summed E-state index contributed by atoms with van der Waals surface area (Å²) in [5, 5.41) is 2.83. The minimum Gasteiger partial charge on any atom is -0.497 e. The van der Waals surface area contributed by atoms with Gasteiger partial charge < -0.3 is 29.2 Å². The van der Waals surface area contributed by atoms with Gasteiger partial charge in [0.05, 0.1) is 19.3 Å². The molecule has 4 rings (SSSR count). The summed E-state index contributed by atoms with van der Waals surface area (Å²) in [7, 11) is 1.66. The Morgan fingerprint density at radius 1 is 1.30 bits per heavy atom. The number of carbonyl (C=O) groups excluding carboxylic acids is 2. The van der Waals surface area contributed by atoms with Crippen LogP contribution in [0.3, 0.4) is 0 Å². The highest BCUT2D eigenvalue weighted by molar-refractivity contribution is 7.98. The lowest BCUT2D eigenvalue weighted by Crippen LogP contribution is -2.58. The van der Waals surface area contributed by atoms with Gasteiger partial charge in [0.2, 0.25) is 5.91 Å². The van der Waals surface area contributed by atoms with E-state index in [4.69, 9.17) is 18.9 Å². The molecule has 0 unspecified atom stereocenters. The zero-order chi connectivity index (χ0) is 27.0. The van der Waals surface area contributed by atoms with Gasteiger partial charge in [-0.15, -0.1) is 0 Å². The molecule has 8 nitrogen and oxygen atoms in total. The molecule has 3 aliphatic rings. The van der Waals surface area contributed by atoms with Crippen LogP contribution in [0.2, 0.25) is 0 Å². The number of benzene rings is 1. The van der Waals surface area contributed by atoms with Crippen LogP contribution < -0.4 is 14.8 Å². The highest BCUT2D eigenvalue weighted by Crippen LogP contribution is 2.53. The zero-order valence-electron chi connectivity index (χ0n) is 23.2. The zero-order valence-corrected chi connectivity index (χ0v) is 24.0. The topological polar surface area (TPSA) is 86.3 Å². The van der Waals surface area contributed by atoms with Crippen molar-refractivity contribution in [1.29, 1.82) is 0 Å². The largest absolute Gasteiger partial charge is 0.497 e. The number of rotatable bonds is 6. The van der Waals surface area contributed by atoms with Crippen LogP contribution >= 0.6 is 11.8 Å². The Labute approximate surface area is 225 Å². The fraction of sp³-hybridized carbons (Fsp3) is 0.714. The number of nitrogens with one attached hydrogen (secondary N) is 1. The second kappa shape index (κ2) is 10.9. The third-order valence-corrected chi connectivity index (χ3v) is 8.26. The maximum absolute atomic E-state index is 13.6. The van der Waals surface area contributed by atoms with E-state index in [0.717, 1.165) is 35.7 Å². The summed E-state index contributed by atoms with van der Waals surface area (Å²) in [6.45, 7) is 10.9. The van der Waals surface area contributed by atoms with E-state index in [1.807, 2.05) is 44.1 Å². The molecule has 0 radical (unpaired) electrons. The smallest absolute Gasteiger partial charge is 0.408 e. The number of ether oxygens (including phenoxy) is 4. The van der Waals surface area contributed by atoms with Crippen LogP contribution in [-0.2, 0) is 14.3 Å². The molecule has 0 saturated carbocycles. The van der Waals surface area contributed by atoms with Gasteiger partial charge in [-0.25, -0.2) is 4.79 Å². The average Bonchev–Trinajstić information content (AvgIpc) is 2.83. The molecule has 1 N–H and O–H groups in total. The molecule has 5 atom stereocenters. The van der Waals surface area contributed by atoms with Crippen LogP contribution in [0.15, 0.2) is 18.2 Å². The van der Waals surface area contributed by atoms with Gasteiger partial charge in [0.1, 0.15) is 28.7 Å². The maximum atomic E-state index is 13.6. The van der Waals surface area contributed by atoms with Crippen LogP contribution in [0.25, 0.3) is 0 Å². The molecule has 1 aromatic carbocycles. The summed E-state index contributed by atoms with van der Waals surface area (Å²) >= 11 is 1.66. The van der Waals surface area contributed by atoms with Gasteiger partial charge in [-0.1, -0.05) is 0 Å². The van der Waals surface area contributed by atoms with Crippen molar-refractivity contribution < 1.29 is 28.5 Å². The van der Waals surface area contributed by atoms with Gasteiger partial charge in [-0.05, 0) is 78.0 Å². The van der Waals surface area contributed by atoms with Crippen molar-refractivity contribution in [3.05, 3.63) is 23.8 Å². The summed E-state index contributed by atoms with van der Waals surface area (Å²) in [5.41, 5.74) is 0.0330. The molecule has 3 aliphatic heterocycles. The van der Waals surface area contributed by atoms with E-state index in [1.54, 1.807) is 18.9 Å². The Morgan fingerprint density at radius 2 is 2.05 bits per heavy atom. The number of likely N-dealkylation sites (tertiary alicyclic amines) is 1. The lowest BCUT2D eigenvalue weighted by atomic mass is 9.70. The second-order valence-corrected chi connectivity index (χ2v) is 12.8. The predicted octanol–water partition coefficient (Wildman–Crippen LogP) is 4.81. The highest BCUT2D eigenvalue weighted by Gasteiger charge is 2.52. The molecule has 3 heterocycles. The van der Waals surface area contributed by atoms with Gasteiger partial charge in [0.25, 0.3) is 0 Å². The Hall–Kier alpha value is -2.13. The summed E-state index contributed by atoms with van der Waals surface area (Å²) in [4.78, 5) is 28.0. The summed E-state index contributed by atoms with van der Waals surface area (Å²) in [6, 6.07) is 5.35. The van der Waals surface area contributed by atoms with Crippen LogP contribution in [-0.4, -0.2) is 72.5 Å². The molecule has 2 saturated heterocycles. The standard InChI is InChI=1S/C28H42N2O6S/c1-27(2,3)36-26(32)29-21(11-13-37-7)25(31)30-12-10-22-17(16-30)14-20-24(34-22)19-9-8-18(33-6)15-23(19)35-28(20,4)5/h8-9,15,17,20-22,24H,10-14,16H2,1-7H3,(H,29,32)/t17-,20+,21-,22+,24-/m1/s1. The van der Waals surface area contributed by atoms with E-state index in [0.29, 0.717) is 19.5 Å². The van der Waals surface area contributed by atoms with Crippen molar-refractivity contribution in [2.75, 3.05) is 32.2 Å². The molecule has 37 heavy (non-hydrogen) atoms. The molecule has 2 fully saturated rings. The molecule has 0 spiro atoms. The van der Waals surface area contributed by atoms with Crippen molar-refractivity contribution in [2.24, 2.45) is 11.8 Å². The average molecular weight is 535 g/mol. The van der Waals surface area contributed by atoms with E-state index in [1.165, 1.54) is 0 Å². The first-order valence-corrected chi connectivity index (χ1v) is 14.6. The van der Waals surface area contributed by atoms with Crippen molar-refractivity contribution in [2.45, 2.75) is 83.3 Å². The normalized spacial score (nSPS) is 27.1. The van der Waals surface area contributed by atoms with E-state index in [9.17, 15) is 9.59 Å².